The van der Waals surface area contributed by atoms with Crippen molar-refractivity contribution in [1.82, 2.24) is 14.8 Å². The molecule has 1 aromatic rings. The van der Waals surface area contributed by atoms with E-state index in [4.69, 9.17) is 0 Å². The van der Waals surface area contributed by atoms with Gasteiger partial charge in [0.25, 0.3) is 0 Å². The molecule has 0 radical (unpaired) electrons. The van der Waals surface area contributed by atoms with Crippen LogP contribution in [0.15, 0.2) is 6.33 Å². The molecule has 0 fully saturated rings. The SMILES string of the molecule is CCCn1cnc(C(C)C)n1. The highest BCUT2D eigenvalue weighted by Crippen LogP contribution is 2.06. The molecule has 62 valence electrons. The van der Waals surface area contributed by atoms with Crippen LogP contribution in [0.4, 0.5) is 0 Å². The van der Waals surface area contributed by atoms with Crippen molar-refractivity contribution >= 4 is 0 Å². The standard InChI is InChI=1S/C8H15N3/c1-4-5-11-6-9-8(10-11)7(2)3/h6-7H,4-5H2,1-3H3. The van der Waals surface area contributed by atoms with Gasteiger partial charge in [0.1, 0.15) is 6.33 Å². The Morgan fingerprint density at radius 1 is 1.55 bits per heavy atom. The lowest BCUT2D eigenvalue weighted by molar-refractivity contribution is 0.588. The van der Waals surface area contributed by atoms with Crippen LogP contribution in [-0.4, -0.2) is 14.8 Å². The van der Waals surface area contributed by atoms with Gasteiger partial charge in [-0.2, -0.15) is 5.10 Å². The molecule has 0 spiro atoms. The zero-order valence-electron chi connectivity index (χ0n) is 7.41. The van der Waals surface area contributed by atoms with Gasteiger partial charge in [-0.1, -0.05) is 20.8 Å². The summed E-state index contributed by atoms with van der Waals surface area (Å²) in [6.45, 7) is 7.31. The Morgan fingerprint density at radius 2 is 2.27 bits per heavy atom. The van der Waals surface area contributed by atoms with Crippen LogP contribution in [0.2, 0.25) is 0 Å². The maximum Gasteiger partial charge on any atom is 0.153 e. The largest absolute Gasteiger partial charge is 0.253 e. The summed E-state index contributed by atoms with van der Waals surface area (Å²) in [6.07, 6.45) is 2.92. The zero-order valence-corrected chi connectivity index (χ0v) is 7.41. The zero-order chi connectivity index (χ0) is 8.27. The second-order valence-electron chi connectivity index (χ2n) is 3.02. The average Bonchev–Trinajstić information content (AvgIpc) is 2.37. The molecule has 0 saturated carbocycles. The number of aryl methyl sites for hydroxylation is 1. The lowest BCUT2D eigenvalue weighted by atomic mass is 10.2. The van der Waals surface area contributed by atoms with Gasteiger partial charge in [-0.05, 0) is 6.42 Å². The van der Waals surface area contributed by atoms with E-state index >= 15 is 0 Å². The van der Waals surface area contributed by atoms with Crippen molar-refractivity contribution in [3.8, 4) is 0 Å². The lowest BCUT2D eigenvalue weighted by Crippen LogP contribution is -1.98. The Bertz CT molecular complexity index is 215. The first-order valence-electron chi connectivity index (χ1n) is 4.13. The molecular weight excluding hydrogens is 138 g/mol. The molecule has 0 aliphatic heterocycles. The highest BCUT2D eigenvalue weighted by atomic mass is 15.3. The maximum atomic E-state index is 4.31. The van der Waals surface area contributed by atoms with Crippen LogP contribution in [0.5, 0.6) is 0 Å². The number of nitrogens with zero attached hydrogens (tertiary/aromatic N) is 3. The average molecular weight is 153 g/mol. The smallest absolute Gasteiger partial charge is 0.153 e. The van der Waals surface area contributed by atoms with Crippen LogP contribution >= 0.6 is 0 Å². The Labute approximate surface area is 67.4 Å². The van der Waals surface area contributed by atoms with Gasteiger partial charge in [-0.25, -0.2) is 4.98 Å². The van der Waals surface area contributed by atoms with Crippen LogP contribution in [0.1, 0.15) is 38.9 Å². The molecule has 1 aromatic heterocycles. The first-order chi connectivity index (χ1) is 5.24. The van der Waals surface area contributed by atoms with E-state index in [1.165, 1.54) is 0 Å². The summed E-state index contributed by atoms with van der Waals surface area (Å²) in [5.74, 6) is 1.38. The minimum atomic E-state index is 0.438. The van der Waals surface area contributed by atoms with Crippen molar-refractivity contribution in [2.75, 3.05) is 0 Å². The highest BCUT2D eigenvalue weighted by molar-refractivity contribution is 4.88. The fraction of sp³-hybridized carbons (Fsp3) is 0.750. The fourth-order valence-electron chi connectivity index (χ4n) is 0.910. The normalized spacial score (nSPS) is 10.9. The molecule has 1 rings (SSSR count). The minimum absolute atomic E-state index is 0.438. The highest BCUT2D eigenvalue weighted by Gasteiger charge is 2.03. The summed E-state index contributed by atoms with van der Waals surface area (Å²) in [7, 11) is 0. The predicted octanol–water partition coefficient (Wildman–Crippen LogP) is 1.81. The molecule has 0 aliphatic rings. The number of hydrogen-bond donors (Lipinski definition) is 0. The van der Waals surface area contributed by atoms with Gasteiger partial charge in [0.15, 0.2) is 5.82 Å². The summed E-state index contributed by atoms with van der Waals surface area (Å²) in [6, 6.07) is 0. The van der Waals surface area contributed by atoms with Crippen molar-refractivity contribution < 1.29 is 0 Å². The first-order valence-corrected chi connectivity index (χ1v) is 4.13. The van der Waals surface area contributed by atoms with Crippen molar-refractivity contribution in [2.45, 2.75) is 39.7 Å². The van der Waals surface area contributed by atoms with Gasteiger partial charge >= 0.3 is 0 Å². The molecule has 0 atom stereocenters. The summed E-state index contributed by atoms with van der Waals surface area (Å²) in [5.41, 5.74) is 0. The van der Waals surface area contributed by atoms with Crippen molar-refractivity contribution in [1.29, 1.82) is 0 Å². The third-order valence-electron chi connectivity index (χ3n) is 1.52. The Balaban J connectivity index is 2.66. The van der Waals surface area contributed by atoms with E-state index in [2.05, 4.69) is 30.9 Å². The molecule has 0 unspecified atom stereocenters. The molecule has 0 saturated heterocycles. The van der Waals surface area contributed by atoms with Crippen LogP contribution < -0.4 is 0 Å². The summed E-state index contributed by atoms with van der Waals surface area (Å²) in [4.78, 5) is 4.19. The van der Waals surface area contributed by atoms with Gasteiger partial charge in [0.05, 0.1) is 0 Å². The molecule has 3 heteroatoms. The molecule has 0 amide bonds. The molecule has 0 aliphatic carbocycles. The Morgan fingerprint density at radius 3 is 2.73 bits per heavy atom. The number of hydrogen-bond acceptors (Lipinski definition) is 2. The molecular formula is C8H15N3. The number of rotatable bonds is 3. The van der Waals surface area contributed by atoms with Gasteiger partial charge in [0, 0.05) is 12.5 Å². The van der Waals surface area contributed by atoms with E-state index in [1.54, 1.807) is 6.33 Å². The van der Waals surface area contributed by atoms with E-state index in [-0.39, 0.29) is 0 Å². The van der Waals surface area contributed by atoms with Crippen molar-refractivity contribution in [2.24, 2.45) is 0 Å². The van der Waals surface area contributed by atoms with E-state index in [1.807, 2.05) is 4.68 Å². The predicted molar refractivity (Wildman–Crippen MR) is 44.4 cm³/mol. The molecule has 11 heavy (non-hydrogen) atoms. The van der Waals surface area contributed by atoms with E-state index < -0.39 is 0 Å². The summed E-state index contributed by atoms with van der Waals surface area (Å²) < 4.78 is 1.90. The van der Waals surface area contributed by atoms with Crippen LogP contribution in [0.3, 0.4) is 0 Å². The Hall–Kier alpha value is -0.860. The van der Waals surface area contributed by atoms with E-state index in [0.29, 0.717) is 5.92 Å². The van der Waals surface area contributed by atoms with Gasteiger partial charge in [-0.3, -0.25) is 4.68 Å². The van der Waals surface area contributed by atoms with Crippen LogP contribution in [0, 0.1) is 0 Å². The van der Waals surface area contributed by atoms with E-state index in [0.717, 1.165) is 18.8 Å². The quantitative estimate of drug-likeness (QED) is 0.663. The molecule has 0 N–H and O–H groups in total. The first kappa shape index (κ1) is 8.24. The lowest BCUT2D eigenvalue weighted by Gasteiger charge is -1.96. The monoisotopic (exact) mass is 153 g/mol. The second kappa shape index (κ2) is 3.51. The third-order valence-corrected chi connectivity index (χ3v) is 1.52. The van der Waals surface area contributed by atoms with Crippen LogP contribution in [-0.2, 0) is 6.54 Å². The van der Waals surface area contributed by atoms with Gasteiger partial charge in [0.2, 0.25) is 0 Å². The maximum absolute atomic E-state index is 4.31. The third kappa shape index (κ3) is 2.03. The molecule has 3 nitrogen and oxygen atoms in total. The second-order valence-corrected chi connectivity index (χ2v) is 3.02. The van der Waals surface area contributed by atoms with E-state index in [9.17, 15) is 0 Å². The van der Waals surface area contributed by atoms with Crippen molar-refractivity contribution in [3.63, 3.8) is 0 Å². The van der Waals surface area contributed by atoms with Gasteiger partial charge < -0.3 is 0 Å². The molecule has 0 aromatic carbocycles. The molecule has 1 heterocycles. The van der Waals surface area contributed by atoms with Gasteiger partial charge in [-0.15, -0.1) is 0 Å². The van der Waals surface area contributed by atoms with Crippen molar-refractivity contribution in [3.05, 3.63) is 12.2 Å². The number of aromatic nitrogens is 3. The summed E-state index contributed by atoms with van der Waals surface area (Å²) in [5, 5.41) is 4.31. The molecule has 0 bridgehead atoms. The topological polar surface area (TPSA) is 30.7 Å². The fourth-order valence-corrected chi connectivity index (χ4v) is 0.910. The minimum Gasteiger partial charge on any atom is -0.253 e. The Kier molecular flexibility index (Phi) is 2.63. The van der Waals surface area contributed by atoms with Crippen LogP contribution in [0.25, 0.3) is 0 Å². The summed E-state index contributed by atoms with van der Waals surface area (Å²) >= 11 is 0.